The third-order valence-electron chi connectivity index (χ3n) is 8.04. The van der Waals surface area contributed by atoms with Gasteiger partial charge in [-0.2, -0.15) is 0 Å². The number of nitrogens with zero attached hydrogens (tertiary/aromatic N) is 1. The highest BCUT2D eigenvalue weighted by Crippen LogP contribution is 2.47. The van der Waals surface area contributed by atoms with Crippen LogP contribution in [-0.4, -0.2) is 34.1 Å². The highest BCUT2D eigenvalue weighted by molar-refractivity contribution is 6.31. The molecule has 0 bridgehead atoms. The van der Waals surface area contributed by atoms with Gasteiger partial charge in [0.15, 0.2) is 17.7 Å². The molecular formula is C33H35ClFNO5. The van der Waals surface area contributed by atoms with E-state index < -0.39 is 23.5 Å². The zero-order valence-electron chi connectivity index (χ0n) is 24.3. The van der Waals surface area contributed by atoms with E-state index in [9.17, 15) is 14.7 Å². The standard InChI is InChI=1S/C33H35ClFNO5/c1-17-22-11-8-12-40-29(22)26(35)14-23(17)27-18(2)24-15-36(31(37)20-9-7-10-21(34)13-20)16-25(24)19(3)28(27)30(32(38)39)41-33(4,5)6/h7,9-10,13-14,30H,8,11-12,15-16H2,1-6H3,(H,38,39)/t30-/m0/s1. The number of carboxylic acids is 1. The predicted molar refractivity (Wildman–Crippen MR) is 156 cm³/mol. The second-order valence-corrected chi connectivity index (χ2v) is 12.3. The van der Waals surface area contributed by atoms with Crippen molar-refractivity contribution in [3.8, 4) is 16.9 Å². The second-order valence-electron chi connectivity index (χ2n) is 11.9. The fraction of sp³-hybridized carbons (Fsp3) is 0.394. The average molecular weight is 580 g/mol. The van der Waals surface area contributed by atoms with Crippen LogP contribution >= 0.6 is 11.6 Å². The van der Waals surface area contributed by atoms with E-state index in [4.69, 9.17) is 21.1 Å². The first-order valence-electron chi connectivity index (χ1n) is 13.8. The maximum Gasteiger partial charge on any atom is 0.337 e. The number of hydrogen-bond donors (Lipinski definition) is 1. The van der Waals surface area contributed by atoms with Crippen molar-refractivity contribution in [2.45, 2.75) is 79.2 Å². The summed E-state index contributed by atoms with van der Waals surface area (Å²) in [5.41, 5.74) is 6.48. The van der Waals surface area contributed by atoms with Crippen molar-refractivity contribution < 1.29 is 28.6 Å². The number of carbonyl (C=O) groups excluding carboxylic acids is 1. The van der Waals surface area contributed by atoms with Gasteiger partial charge < -0.3 is 19.5 Å². The number of hydrogen-bond acceptors (Lipinski definition) is 4. The molecule has 0 radical (unpaired) electrons. The van der Waals surface area contributed by atoms with Gasteiger partial charge in [0.25, 0.3) is 5.91 Å². The monoisotopic (exact) mass is 579 g/mol. The van der Waals surface area contributed by atoms with E-state index in [1.165, 1.54) is 6.07 Å². The van der Waals surface area contributed by atoms with Crippen molar-refractivity contribution in [3.63, 3.8) is 0 Å². The molecule has 0 unspecified atom stereocenters. The Bertz CT molecular complexity index is 1580. The fourth-order valence-electron chi connectivity index (χ4n) is 6.15. The molecule has 3 aromatic carbocycles. The van der Waals surface area contributed by atoms with Gasteiger partial charge in [0.1, 0.15) is 0 Å². The van der Waals surface area contributed by atoms with Gasteiger partial charge in [-0.05, 0) is 118 Å². The van der Waals surface area contributed by atoms with Crippen molar-refractivity contribution in [1.29, 1.82) is 0 Å². The summed E-state index contributed by atoms with van der Waals surface area (Å²) in [4.78, 5) is 28.0. The molecule has 216 valence electrons. The summed E-state index contributed by atoms with van der Waals surface area (Å²) < 4.78 is 27.4. The third-order valence-corrected chi connectivity index (χ3v) is 8.27. The van der Waals surface area contributed by atoms with Gasteiger partial charge in [-0.25, -0.2) is 9.18 Å². The van der Waals surface area contributed by atoms with Crippen LogP contribution in [0.2, 0.25) is 5.02 Å². The molecule has 0 aliphatic carbocycles. The highest BCUT2D eigenvalue weighted by atomic mass is 35.5. The van der Waals surface area contributed by atoms with Gasteiger partial charge in [-0.3, -0.25) is 4.79 Å². The Hall–Kier alpha value is -3.42. The Kier molecular flexibility index (Phi) is 7.64. The molecule has 0 saturated heterocycles. The minimum absolute atomic E-state index is 0.167. The number of aliphatic carboxylic acids is 1. The van der Waals surface area contributed by atoms with Gasteiger partial charge in [0.2, 0.25) is 0 Å². The van der Waals surface area contributed by atoms with Crippen LogP contribution in [0.5, 0.6) is 5.75 Å². The quantitative estimate of drug-likeness (QED) is 0.339. The molecule has 5 rings (SSSR count). The van der Waals surface area contributed by atoms with Crippen molar-refractivity contribution in [2.75, 3.05) is 6.61 Å². The number of halogens is 2. The molecule has 1 atom stereocenters. The number of rotatable bonds is 5. The molecule has 6 nitrogen and oxygen atoms in total. The van der Waals surface area contributed by atoms with Crippen molar-refractivity contribution in [2.24, 2.45) is 0 Å². The normalized spacial score (nSPS) is 15.3. The SMILES string of the molecule is Cc1c(-c2c(C)c3c(c(C)c2[C@H](OC(C)(C)C)C(=O)O)CN(C(=O)c2cccc(Cl)c2)C3)cc(F)c2c1CCCO2. The molecule has 8 heteroatoms. The average Bonchev–Trinajstić information content (AvgIpc) is 3.37. The summed E-state index contributed by atoms with van der Waals surface area (Å²) in [6.07, 6.45) is 0.144. The zero-order valence-corrected chi connectivity index (χ0v) is 25.0. The molecule has 1 N–H and O–H groups in total. The van der Waals surface area contributed by atoms with Gasteiger partial charge in [0, 0.05) is 34.8 Å². The Morgan fingerprint density at radius 2 is 1.73 bits per heavy atom. The Labute approximate surface area is 245 Å². The summed E-state index contributed by atoms with van der Waals surface area (Å²) in [6.45, 7) is 12.3. The van der Waals surface area contributed by atoms with E-state index in [1.807, 2.05) is 41.5 Å². The summed E-state index contributed by atoms with van der Waals surface area (Å²) in [5.74, 6) is -1.49. The topological polar surface area (TPSA) is 76.1 Å². The molecule has 2 heterocycles. The minimum atomic E-state index is -1.30. The molecule has 0 fully saturated rings. The highest BCUT2D eigenvalue weighted by Gasteiger charge is 2.37. The zero-order chi connectivity index (χ0) is 29.8. The van der Waals surface area contributed by atoms with Crippen LogP contribution < -0.4 is 4.74 Å². The van der Waals surface area contributed by atoms with Crippen LogP contribution in [-0.2, 0) is 29.0 Å². The van der Waals surface area contributed by atoms with Gasteiger partial charge >= 0.3 is 5.97 Å². The molecule has 0 saturated carbocycles. The van der Waals surface area contributed by atoms with Crippen molar-refractivity contribution in [3.05, 3.63) is 85.7 Å². The fourth-order valence-corrected chi connectivity index (χ4v) is 6.34. The van der Waals surface area contributed by atoms with Gasteiger partial charge in [0.05, 0.1) is 12.2 Å². The van der Waals surface area contributed by atoms with Crippen molar-refractivity contribution in [1.82, 2.24) is 4.90 Å². The van der Waals surface area contributed by atoms with Gasteiger partial charge in [-0.15, -0.1) is 0 Å². The largest absolute Gasteiger partial charge is 0.490 e. The first-order valence-corrected chi connectivity index (χ1v) is 14.2. The van der Waals surface area contributed by atoms with E-state index in [-0.39, 0.29) is 11.7 Å². The summed E-state index contributed by atoms with van der Waals surface area (Å²) >= 11 is 6.16. The number of carboxylic acid groups (broad SMARTS) is 1. The molecule has 3 aromatic rings. The minimum Gasteiger partial charge on any atom is -0.490 e. The number of fused-ring (bicyclic) bond motifs is 2. The molecule has 1 amide bonds. The number of amides is 1. The number of carbonyl (C=O) groups is 2. The van der Waals surface area contributed by atoms with Crippen molar-refractivity contribution >= 4 is 23.5 Å². The van der Waals surface area contributed by atoms with E-state index in [0.717, 1.165) is 39.8 Å². The maximum absolute atomic E-state index is 15.5. The lowest BCUT2D eigenvalue weighted by Gasteiger charge is -2.31. The molecule has 2 aliphatic rings. The van der Waals surface area contributed by atoms with Crippen LogP contribution in [0, 0.1) is 26.6 Å². The Balaban J connectivity index is 1.74. The molecule has 0 spiro atoms. The van der Waals surface area contributed by atoms with Gasteiger partial charge in [-0.1, -0.05) is 17.7 Å². The van der Waals surface area contributed by atoms with E-state index in [1.54, 1.807) is 29.2 Å². The number of benzene rings is 3. The Morgan fingerprint density at radius 3 is 2.37 bits per heavy atom. The maximum atomic E-state index is 15.5. The van der Waals surface area contributed by atoms with E-state index in [0.29, 0.717) is 53.4 Å². The predicted octanol–water partition coefficient (Wildman–Crippen LogP) is 7.49. The lowest BCUT2D eigenvalue weighted by atomic mass is 9.81. The molecule has 2 aliphatic heterocycles. The van der Waals surface area contributed by atoms with Crippen LogP contribution in [0.25, 0.3) is 11.1 Å². The first-order chi connectivity index (χ1) is 19.3. The summed E-state index contributed by atoms with van der Waals surface area (Å²) in [5, 5.41) is 10.9. The first kappa shape index (κ1) is 29.1. The third kappa shape index (κ3) is 5.33. The van der Waals surface area contributed by atoms with E-state index >= 15 is 4.39 Å². The van der Waals surface area contributed by atoms with Crippen LogP contribution in [0.15, 0.2) is 30.3 Å². The second kappa shape index (κ2) is 10.8. The smallest absolute Gasteiger partial charge is 0.337 e. The Morgan fingerprint density at radius 1 is 1.05 bits per heavy atom. The molecular weight excluding hydrogens is 545 g/mol. The summed E-state index contributed by atoms with van der Waals surface area (Å²) in [7, 11) is 0. The lowest BCUT2D eigenvalue weighted by molar-refractivity contribution is -0.160. The van der Waals surface area contributed by atoms with Crippen LogP contribution in [0.4, 0.5) is 4.39 Å². The van der Waals surface area contributed by atoms with Crippen LogP contribution in [0.3, 0.4) is 0 Å². The molecule has 41 heavy (non-hydrogen) atoms. The lowest BCUT2D eigenvalue weighted by Crippen LogP contribution is -2.29. The van der Waals surface area contributed by atoms with E-state index in [2.05, 4.69) is 0 Å². The molecule has 0 aromatic heterocycles. The van der Waals surface area contributed by atoms with Crippen LogP contribution in [0.1, 0.15) is 82.6 Å². The number of ether oxygens (including phenoxy) is 2. The summed E-state index contributed by atoms with van der Waals surface area (Å²) in [6, 6.07) is 8.28.